The Morgan fingerprint density at radius 2 is 2.00 bits per heavy atom. The van der Waals surface area contributed by atoms with Gasteiger partial charge in [-0.3, -0.25) is 23.6 Å². The third kappa shape index (κ3) is 4.60. The van der Waals surface area contributed by atoms with Gasteiger partial charge >= 0.3 is 5.97 Å². The van der Waals surface area contributed by atoms with Crippen LogP contribution < -0.4 is 5.32 Å². The normalized spacial score (nSPS) is 10.9. The highest BCUT2D eigenvalue weighted by molar-refractivity contribution is 6.02. The molecular weight excluding hydrogens is 350 g/mol. The predicted octanol–water partition coefficient (Wildman–Crippen LogP) is 1.38. The average molecular weight is 371 g/mol. The van der Waals surface area contributed by atoms with Gasteiger partial charge in [-0.25, -0.2) is 0 Å². The maximum Gasteiger partial charge on any atom is 0.305 e. The fourth-order valence-corrected chi connectivity index (χ4v) is 2.58. The van der Waals surface area contributed by atoms with Gasteiger partial charge in [0.1, 0.15) is 0 Å². The number of amides is 1. The number of aromatic nitrogens is 6. The number of carbonyl (C=O) groups is 2. The molecular formula is C17H21N7O3. The number of hydrogen-bond donors (Lipinski definition) is 2. The fourth-order valence-electron chi connectivity index (χ4n) is 2.58. The van der Waals surface area contributed by atoms with E-state index in [-0.39, 0.29) is 24.6 Å². The van der Waals surface area contributed by atoms with Crippen LogP contribution >= 0.6 is 0 Å². The summed E-state index contributed by atoms with van der Waals surface area (Å²) < 4.78 is 5.03. The van der Waals surface area contributed by atoms with Crippen LogP contribution in [0.4, 0.5) is 5.69 Å². The quantitative estimate of drug-likeness (QED) is 0.617. The van der Waals surface area contributed by atoms with Gasteiger partial charge in [0.15, 0.2) is 5.69 Å². The molecule has 27 heavy (non-hydrogen) atoms. The van der Waals surface area contributed by atoms with E-state index < -0.39 is 5.97 Å². The van der Waals surface area contributed by atoms with E-state index in [9.17, 15) is 9.59 Å². The maximum absolute atomic E-state index is 12.3. The molecule has 3 aromatic rings. The summed E-state index contributed by atoms with van der Waals surface area (Å²) in [7, 11) is 0. The van der Waals surface area contributed by atoms with Gasteiger partial charge in [0.05, 0.1) is 37.1 Å². The molecule has 3 aromatic heterocycles. The lowest BCUT2D eigenvalue weighted by molar-refractivity contribution is -0.137. The second kappa shape index (κ2) is 7.85. The first-order chi connectivity index (χ1) is 12.9. The minimum Gasteiger partial charge on any atom is -0.481 e. The van der Waals surface area contributed by atoms with Gasteiger partial charge in [-0.15, -0.1) is 0 Å². The first kappa shape index (κ1) is 18.4. The number of aliphatic carboxylic acids is 1. The van der Waals surface area contributed by atoms with Crippen molar-refractivity contribution in [2.24, 2.45) is 0 Å². The highest BCUT2D eigenvalue weighted by Gasteiger charge is 2.12. The first-order valence-corrected chi connectivity index (χ1v) is 8.56. The van der Waals surface area contributed by atoms with Gasteiger partial charge in [-0.2, -0.15) is 15.3 Å². The molecule has 0 atom stereocenters. The van der Waals surface area contributed by atoms with Crippen molar-refractivity contribution < 1.29 is 14.7 Å². The molecule has 142 valence electrons. The van der Waals surface area contributed by atoms with Gasteiger partial charge in [0.2, 0.25) is 0 Å². The number of carbonyl (C=O) groups excluding carboxylic acids is 1. The lowest BCUT2D eigenvalue weighted by Crippen LogP contribution is -2.13. The standard InChI is InChI=1S/C17H21N7O3/c1-3-22-9-13(12(2)20-22)10-24-11-14(8-18-24)19-17(27)15-4-6-23(21-15)7-5-16(25)26/h4,6,8-9,11H,3,5,7,10H2,1-2H3,(H,19,27)(H,25,26). The van der Waals surface area contributed by atoms with Crippen LogP contribution in [0.3, 0.4) is 0 Å². The minimum absolute atomic E-state index is 0.0520. The second-order valence-electron chi connectivity index (χ2n) is 6.08. The lowest BCUT2D eigenvalue weighted by atomic mass is 10.3. The van der Waals surface area contributed by atoms with Crippen LogP contribution in [0.15, 0.2) is 30.9 Å². The molecule has 0 saturated heterocycles. The van der Waals surface area contributed by atoms with E-state index in [0.717, 1.165) is 17.8 Å². The van der Waals surface area contributed by atoms with Crippen LogP contribution in [0.25, 0.3) is 0 Å². The van der Waals surface area contributed by atoms with Gasteiger partial charge in [0, 0.05) is 30.7 Å². The number of anilines is 1. The zero-order valence-electron chi connectivity index (χ0n) is 15.2. The molecule has 10 nitrogen and oxygen atoms in total. The van der Waals surface area contributed by atoms with Crippen LogP contribution in [0, 0.1) is 6.92 Å². The summed E-state index contributed by atoms with van der Waals surface area (Å²) in [5.74, 6) is -1.29. The Kier molecular flexibility index (Phi) is 5.34. The van der Waals surface area contributed by atoms with E-state index in [1.807, 2.05) is 24.7 Å². The molecule has 0 spiro atoms. The van der Waals surface area contributed by atoms with Gasteiger partial charge in [-0.1, -0.05) is 0 Å². The summed E-state index contributed by atoms with van der Waals surface area (Å²) in [4.78, 5) is 22.9. The summed E-state index contributed by atoms with van der Waals surface area (Å²) in [6, 6.07) is 1.55. The maximum atomic E-state index is 12.3. The number of carboxylic acid groups (broad SMARTS) is 1. The van der Waals surface area contributed by atoms with Crippen molar-refractivity contribution >= 4 is 17.6 Å². The summed E-state index contributed by atoms with van der Waals surface area (Å²) in [6.45, 7) is 5.56. The Bertz CT molecular complexity index is 954. The topological polar surface area (TPSA) is 120 Å². The number of nitrogens with zero attached hydrogens (tertiary/aromatic N) is 6. The van der Waals surface area contributed by atoms with Gasteiger partial charge < -0.3 is 10.4 Å². The molecule has 0 aromatic carbocycles. The van der Waals surface area contributed by atoms with Crippen molar-refractivity contribution in [1.29, 1.82) is 0 Å². The number of nitrogens with one attached hydrogen (secondary N) is 1. The SMILES string of the molecule is CCn1cc(Cn2cc(NC(=O)c3ccn(CCC(=O)O)n3)cn2)c(C)n1. The van der Waals surface area contributed by atoms with E-state index in [1.165, 1.54) is 4.68 Å². The Morgan fingerprint density at radius 1 is 1.19 bits per heavy atom. The zero-order chi connectivity index (χ0) is 19.4. The Morgan fingerprint density at radius 3 is 2.70 bits per heavy atom. The van der Waals surface area contributed by atoms with E-state index in [0.29, 0.717) is 12.2 Å². The molecule has 10 heteroatoms. The summed E-state index contributed by atoms with van der Waals surface area (Å²) in [5.41, 5.74) is 2.79. The molecule has 1 amide bonds. The largest absolute Gasteiger partial charge is 0.481 e. The molecule has 0 aliphatic rings. The molecule has 0 radical (unpaired) electrons. The third-order valence-electron chi connectivity index (χ3n) is 4.02. The number of rotatable bonds is 8. The molecule has 0 unspecified atom stereocenters. The van der Waals surface area contributed by atoms with Crippen molar-refractivity contribution in [2.45, 2.75) is 39.9 Å². The second-order valence-corrected chi connectivity index (χ2v) is 6.08. The number of carboxylic acids is 1. The minimum atomic E-state index is -0.913. The molecule has 0 bridgehead atoms. The monoisotopic (exact) mass is 371 g/mol. The first-order valence-electron chi connectivity index (χ1n) is 8.56. The van der Waals surface area contributed by atoms with E-state index in [4.69, 9.17) is 5.11 Å². The van der Waals surface area contributed by atoms with Crippen LogP contribution in [-0.2, 0) is 24.4 Å². The van der Waals surface area contributed by atoms with Crippen LogP contribution in [-0.4, -0.2) is 46.3 Å². The van der Waals surface area contributed by atoms with Crippen LogP contribution in [0.5, 0.6) is 0 Å². The van der Waals surface area contributed by atoms with E-state index in [2.05, 4.69) is 20.6 Å². The van der Waals surface area contributed by atoms with Crippen LogP contribution in [0.2, 0.25) is 0 Å². The van der Waals surface area contributed by atoms with Gasteiger partial charge in [-0.05, 0) is 19.9 Å². The van der Waals surface area contributed by atoms with Crippen molar-refractivity contribution in [3.05, 3.63) is 47.8 Å². The Hall–Kier alpha value is -3.43. The smallest absolute Gasteiger partial charge is 0.305 e. The average Bonchev–Trinajstić information content (AvgIpc) is 3.34. The lowest BCUT2D eigenvalue weighted by Gasteiger charge is -2.01. The van der Waals surface area contributed by atoms with Gasteiger partial charge in [0.25, 0.3) is 5.91 Å². The molecule has 0 aliphatic carbocycles. The van der Waals surface area contributed by atoms with E-state index >= 15 is 0 Å². The number of aryl methyl sites for hydroxylation is 3. The van der Waals surface area contributed by atoms with Crippen molar-refractivity contribution in [1.82, 2.24) is 29.3 Å². The fraction of sp³-hybridized carbons (Fsp3) is 0.353. The molecule has 3 heterocycles. The number of hydrogen-bond acceptors (Lipinski definition) is 5. The third-order valence-corrected chi connectivity index (χ3v) is 4.02. The Labute approximate surface area is 155 Å². The van der Waals surface area contributed by atoms with Crippen molar-refractivity contribution in [2.75, 3.05) is 5.32 Å². The molecule has 2 N–H and O–H groups in total. The highest BCUT2D eigenvalue weighted by atomic mass is 16.4. The summed E-state index contributed by atoms with van der Waals surface area (Å²) in [6.07, 6.45) is 6.82. The van der Waals surface area contributed by atoms with Crippen LogP contribution in [0.1, 0.15) is 35.1 Å². The summed E-state index contributed by atoms with van der Waals surface area (Å²) in [5, 5.41) is 24.2. The Balaban J connectivity index is 1.60. The molecule has 0 fully saturated rings. The van der Waals surface area contributed by atoms with Crippen molar-refractivity contribution in [3.63, 3.8) is 0 Å². The zero-order valence-corrected chi connectivity index (χ0v) is 15.2. The summed E-state index contributed by atoms with van der Waals surface area (Å²) >= 11 is 0. The molecule has 0 saturated carbocycles. The molecule has 3 rings (SSSR count). The van der Waals surface area contributed by atoms with Crippen molar-refractivity contribution in [3.8, 4) is 0 Å². The molecule has 0 aliphatic heterocycles. The predicted molar refractivity (Wildman–Crippen MR) is 96.4 cm³/mol. The highest BCUT2D eigenvalue weighted by Crippen LogP contribution is 2.12. The van der Waals surface area contributed by atoms with E-state index in [1.54, 1.807) is 29.3 Å².